The molecule has 0 bridgehead atoms. The highest BCUT2D eigenvalue weighted by Gasteiger charge is 2.46. The molecule has 2 aliphatic rings. The molecule has 0 radical (unpaired) electrons. The molecule has 21 heavy (non-hydrogen) atoms. The van der Waals surface area contributed by atoms with Gasteiger partial charge in [0.1, 0.15) is 17.5 Å². The van der Waals surface area contributed by atoms with Crippen LogP contribution < -0.4 is 4.74 Å². The molecule has 2 aliphatic heterocycles. The number of hydrogen-bond donors (Lipinski definition) is 1. The molecule has 1 aromatic carbocycles. The number of aryl methyl sites for hydroxylation is 1. The minimum Gasteiger partial charge on any atom is -0.486 e. The second-order valence-electron chi connectivity index (χ2n) is 6.98. The van der Waals surface area contributed by atoms with Crippen molar-refractivity contribution < 1.29 is 9.84 Å². The molecule has 3 rings (SSSR count). The summed E-state index contributed by atoms with van der Waals surface area (Å²) in [6.45, 7) is 10.3. The molecule has 2 heterocycles. The Bertz CT molecular complexity index is 522. The molecule has 1 fully saturated rings. The van der Waals surface area contributed by atoms with Crippen molar-refractivity contribution in [2.75, 3.05) is 33.2 Å². The third kappa shape index (κ3) is 2.68. The van der Waals surface area contributed by atoms with E-state index in [1.807, 2.05) is 12.1 Å². The maximum absolute atomic E-state index is 11.0. The quantitative estimate of drug-likeness (QED) is 0.856. The average molecular weight is 290 g/mol. The van der Waals surface area contributed by atoms with Crippen LogP contribution in [0.4, 0.5) is 0 Å². The summed E-state index contributed by atoms with van der Waals surface area (Å²) in [4.78, 5) is 4.72. The van der Waals surface area contributed by atoms with Crippen LogP contribution >= 0.6 is 0 Å². The van der Waals surface area contributed by atoms with Crippen LogP contribution in [0.25, 0.3) is 0 Å². The molecule has 4 nitrogen and oxygen atoms in total. The first-order valence-corrected chi connectivity index (χ1v) is 7.79. The number of fused-ring (bicyclic) bond motifs is 1. The first kappa shape index (κ1) is 14.8. The summed E-state index contributed by atoms with van der Waals surface area (Å²) >= 11 is 0. The predicted octanol–water partition coefficient (Wildman–Crippen LogP) is 1.82. The van der Waals surface area contributed by atoms with E-state index in [0.29, 0.717) is 0 Å². The Hall–Kier alpha value is -1.10. The van der Waals surface area contributed by atoms with Gasteiger partial charge in [0.2, 0.25) is 0 Å². The number of ether oxygens (including phenoxy) is 1. The number of piperazine rings is 1. The van der Waals surface area contributed by atoms with Crippen LogP contribution in [0, 0.1) is 6.92 Å². The fourth-order valence-corrected chi connectivity index (χ4v) is 3.63. The number of hydrogen-bond acceptors (Lipinski definition) is 4. The molecule has 0 saturated carbocycles. The fraction of sp³-hybridized carbons (Fsp3) is 0.647. The second kappa shape index (κ2) is 5.27. The van der Waals surface area contributed by atoms with Crippen molar-refractivity contribution in [1.29, 1.82) is 0 Å². The normalized spacial score (nSPS) is 29.8. The van der Waals surface area contributed by atoms with E-state index in [1.165, 1.54) is 0 Å². The Morgan fingerprint density at radius 1 is 1.19 bits per heavy atom. The largest absolute Gasteiger partial charge is 0.486 e. The molecule has 1 aromatic rings. The molecular formula is C17H26N2O2. The number of nitrogens with zero attached hydrogens (tertiary/aromatic N) is 2. The van der Waals surface area contributed by atoms with E-state index in [2.05, 4.69) is 43.7 Å². The van der Waals surface area contributed by atoms with Crippen LogP contribution in [0.1, 0.15) is 31.1 Å². The van der Waals surface area contributed by atoms with Gasteiger partial charge in [-0.25, -0.2) is 0 Å². The first-order valence-electron chi connectivity index (χ1n) is 7.79. The number of rotatable bonds is 1. The van der Waals surface area contributed by atoms with E-state index in [9.17, 15) is 5.11 Å². The number of benzene rings is 1. The number of likely N-dealkylation sites (N-methyl/N-ethyl adjacent to an activating group) is 1. The van der Waals surface area contributed by atoms with E-state index in [-0.39, 0.29) is 6.04 Å². The van der Waals surface area contributed by atoms with Crippen LogP contribution in [-0.4, -0.2) is 59.8 Å². The van der Waals surface area contributed by atoms with Gasteiger partial charge in [-0.1, -0.05) is 11.6 Å². The van der Waals surface area contributed by atoms with Gasteiger partial charge in [-0.15, -0.1) is 0 Å². The van der Waals surface area contributed by atoms with E-state index in [0.717, 1.165) is 43.1 Å². The lowest BCUT2D eigenvalue weighted by atomic mass is 9.84. The van der Waals surface area contributed by atoms with Gasteiger partial charge in [-0.05, 0) is 40.0 Å². The van der Waals surface area contributed by atoms with Gasteiger partial charge in [0, 0.05) is 31.7 Å². The third-order valence-corrected chi connectivity index (χ3v) is 4.80. The zero-order valence-electron chi connectivity index (χ0n) is 13.5. The summed E-state index contributed by atoms with van der Waals surface area (Å²) in [7, 11) is 2.15. The average Bonchev–Trinajstić information content (AvgIpc) is 2.41. The zero-order chi connectivity index (χ0) is 15.2. The van der Waals surface area contributed by atoms with E-state index in [1.54, 1.807) is 0 Å². The molecule has 2 unspecified atom stereocenters. The van der Waals surface area contributed by atoms with Crippen molar-refractivity contribution in [2.24, 2.45) is 0 Å². The van der Waals surface area contributed by atoms with Crippen LogP contribution in [0.2, 0.25) is 0 Å². The molecule has 0 spiro atoms. The molecule has 0 amide bonds. The molecule has 1 saturated heterocycles. The molecular weight excluding hydrogens is 264 g/mol. The Balaban J connectivity index is 1.93. The van der Waals surface area contributed by atoms with Crippen LogP contribution in [0.5, 0.6) is 5.75 Å². The Labute approximate surface area is 127 Å². The van der Waals surface area contributed by atoms with Crippen molar-refractivity contribution in [3.05, 3.63) is 29.3 Å². The van der Waals surface area contributed by atoms with Gasteiger partial charge in [-0.2, -0.15) is 0 Å². The lowest BCUT2D eigenvalue weighted by molar-refractivity contribution is -0.0919. The fourth-order valence-electron chi connectivity index (χ4n) is 3.63. The van der Waals surface area contributed by atoms with Gasteiger partial charge < -0.3 is 14.7 Å². The van der Waals surface area contributed by atoms with E-state index >= 15 is 0 Å². The molecule has 4 heteroatoms. The maximum Gasteiger partial charge on any atom is 0.126 e. The van der Waals surface area contributed by atoms with Crippen LogP contribution in [0.3, 0.4) is 0 Å². The van der Waals surface area contributed by atoms with Crippen LogP contribution in [0.15, 0.2) is 18.2 Å². The Kier molecular flexibility index (Phi) is 3.72. The van der Waals surface area contributed by atoms with E-state index < -0.39 is 11.7 Å². The predicted molar refractivity (Wildman–Crippen MR) is 83.7 cm³/mol. The van der Waals surface area contributed by atoms with Crippen LogP contribution in [-0.2, 0) is 0 Å². The SMILES string of the molecule is Cc1ccc2c(c1)C(O)C(N1CCN(C)CC1)C(C)(C)O2. The minimum absolute atomic E-state index is 0.000463. The van der Waals surface area contributed by atoms with Crippen molar-refractivity contribution in [3.63, 3.8) is 0 Å². The maximum atomic E-state index is 11.0. The lowest BCUT2D eigenvalue weighted by Gasteiger charge is -2.50. The molecule has 2 atom stereocenters. The molecule has 116 valence electrons. The molecule has 0 aromatic heterocycles. The summed E-state index contributed by atoms with van der Waals surface area (Å²) in [6.07, 6.45) is -0.493. The summed E-state index contributed by atoms with van der Waals surface area (Å²) in [5, 5.41) is 11.0. The number of aliphatic hydroxyl groups is 1. The second-order valence-corrected chi connectivity index (χ2v) is 6.98. The standard InChI is InChI=1S/C17H26N2O2/c1-12-5-6-14-13(11-12)15(20)16(17(2,3)21-14)19-9-7-18(4)8-10-19/h5-6,11,15-16,20H,7-10H2,1-4H3. The zero-order valence-corrected chi connectivity index (χ0v) is 13.5. The Morgan fingerprint density at radius 2 is 1.86 bits per heavy atom. The highest BCUT2D eigenvalue weighted by molar-refractivity contribution is 5.42. The van der Waals surface area contributed by atoms with Crippen molar-refractivity contribution in [1.82, 2.24) is 9.80 Å². The van der Waals surface area contributed by atoms with Gasteiger partial charge in [0.05, 0.1) is 6.04 Å². The lowest BCUT2D eigenvalue weighted by Crippen LogP contribution is -2.61. The van der Waals surface area contributed by atoms with Gasteiger partial charge in [-0.3, -0.25) is 4.90 Å². The summed E-state index contributed by atoms with van der Waals surface area (Å²) in [5.41, 5.74) is 1.70. The smallest absolute Gasteiger partial charge is 0.126 e. The summed E-state index contributed by atoms with van der Waals surface area (Å²) in [5.74, 6) is 0.823. The number of aliphatic hydroxyl groups excluding tert-OH is 1. The summed E-state index contributed by atoms with van der Waals surface area (Å²) < 4.78 is 6.22. The topological polar surface area (TPSA) is 35.9 Å². The first-order chi connectivity index (χ1) is 9.88. The highest BCUT2D eigenvalue weighted by Crippen LogP contribution is 2.42. The van der Waals surface area contributed by atoms with Gasteiger partial charge >= 0.3 is 0 Å². The monoisotopic (exact) mass is 290 g/mol. The summed E-state index contributed by atoms with van der Waals surface area (Å²) in [6, 6.07) is 6.08. The van der Waals surface area contributed by atoms with Gasteiger partial charge in [0.15, 0.2) is 0 Å². The van der Waals surface area contributed by atoms with Gasteiger partial charge in [0.25, 0.3) is 0 Å². The van der Waals surface area contributed by atoms with E-state index in [4.69, 9.17) is 4.74 Å². The van der Waals surface area contributed by atoms with Crippen molar-refractivity contribution >= 4 is 0 Å². The Morgan fingerprint density at radius 3 is 2.52 bits per heavy atom. The van der Waals surface area contributed by atoms with Crippen molar-refractivity contribution in [3.8, 4) is 5.75 Å². The highest BCUT2D eigenvalue weighted by atomic mass is 16.5. The van der Waals surface area contributed by atoms with Crippen molar-refractivity contribution in [2.45, 2.75) is 38.5 Å². The molecule has 0 aliphatic carbocycles. The third-order valence-electron chi connectivity index (χ3n) is 4.80. The molecule has 1 N–H and O–H groups in total. The minimum atomic E-state index is -0.493.